The van der Waals surface area contributed by atoms with E-state index in [-0.39, 0.29) is 0 Å². The van der Waals surface area contributed by atoms with Crippen molar-refractivity contribution in [3.05, 3.63) is 0 Å². The van der Waals surface area contributed by atoms with Crippen molar-refractivity contribution in [2.75, 3.05) is 26.3 Å². The fourth-order valence-corrected chi connectivity index (χ4v) is 1.68. The SMILES string of the molecule is CC(C)C(C)(O)CNCC1CCOCC1. The van der Waals surface area contributed by atoms with Gasteiger partial charge in [0.15, 0.2) is 0 Å². The van der Waals surface area contributed by atoms with Crippen LogP contribution < -0.4 is 5.32 Å². The molecule has 1 atom stereocenters. The van der Waals surface area contributed by atoms with Gasteiger partial charge in [-0.15, -0.1) is 0 Å². The van der Waals surface area contributed by atoms with Crippen LogP contribution in [-0.4, -0.2) is 37.0 Å². The van der Waals surface area contributed by atoms with Crippen LogP contribution in [0.4, 0.5) is 0 Å². The van der Waals surface area contributed by atoms with Crippen molar-refractivity contribution in [1.29, 1.82) is 0 Å². The lowest BCUT2D eigenvalue weighted by molar-refractivity contribution is 0.0111. The molecule has 0 aromatic carbocycles. The van der Waals surface area contributed by atoms with Gasteiger partial charge < -0.3 is 15.2 Å². The molecular weight excluding hydrogens is 190 g/mol. The molecule has 15 heavy (non-hydrogen) atoms. The first-order valence-electron chi connectivity index (χ1n) is 6.03. The summed E-state index contributed by atoms with van der Waals surface area (Å²) in [7, 11) is 0. The van der Waals surface area contributed by atoms with Crippen molar-refractivity contribution in [3.8, 4) is 0 Å². The maximum atomic E-state index is 10.0. The third kappa shape index (κ3) is 4.49. The number of nitrogens with one attached hydrogen (secondary N) is 1. The van der Waals surface area contributed by atoms with Gasteiger partial charge in [-0.2, -0.15) is 0 Å². The third-order valence-corrected chi connectivity index (χ3v) is 3.50. The van der Waals surface area contributed by atoms with E-state index in [9.17, 15) is 5.11 Å². The summed E-state index contributed by atoms with van der Waals surface area (Å²) in [6.07, 6.45) is 2.30. The highest BCUT2D eigenvalue weighted by Gasteiger charge is 2.24. The quantitative estimate of drug-likeness (QED) is 0.728. The Morgan fingerprint density at radius 3 is 2.53 bits per heavy atom. The normalized spacial score (nSPS) is 23.0. The lowest BCUT2D eigenvalue weighted by Gasteiger charge is -2.29. The zero-order valence-electron chi connectivity index (χ0n) is 10.3. The Kier molecular flexibility index (Phi) is 5.03. The van der Waals surface area contributed by atoms with Crippen molar-refractivity contribution in [3.63, 3.8) is 0 Å². The van der Waals surface area contributed by atoms with Crippen LogP contribution in [0.25, 0.3) is 0 Å². The molecular formula is C12H25NO2. The topological polar surface area (TPSA) is 41.5 Å². The average molecular weight is 215 g/mol. The van der Waals surface area contributed by atoms with Gasteiger partial charge in [-0.1, -0.05) is 13.8 Å². The summed E-state index contributed by atoms with van der Waals surface area (Å²) < 4.78 is 5.31. The van der Waals surface area contributed by atoms with Crippen molar-refractivity contribution < 1.29 is 9.84 Å². The molecule has 0 aromatic rings. The van der Waals surface area contributed by atoms with Crippen LogP contribution in [0.3, 0.4) is 0 Å². The molecule has 1 saturated heterocycles. The molecule has 1 rings (SSSR count). The second-order valence-corrected chi connectivity index (χ2v) is 5.20. The van der Waals surface area contributed by atoms with E-state index in [4.69, 9.17) is 4.74 Å². The van der Waals surface area contributed by atoms with Crippen LogP contribution >= 0.6 is 0 Å². The number of hydrogen-bond donors (Lipinski definition) is 2. The first kappa shape index (κ1) is 12.9. The van der Waals surface area contributed by atoms with Crippen molar-refractivity contribution in [1.82, 2.24) is 5.32 Å². The highest BCUT2D eigenvalue weighted by Crippen LogP contribution is 2.16. The lowest BCUT2D eigenvalue weighted by Crippen LogP contribution is -2.44. The monoisotopic (exact) mass is 215 g/mol. The second kappa shape index (κ2) is 5.83. The van der Waals surface area contributed by atoms with E-state index >= 15 is 0 Å². The molecule has 3 nitrogen and oxygen atoms in total. The van der Waals surface area contributed by atoms with E-state index in [1.54, 1.807) is 0 Å². The Morgan fingerprint density at radius 2 is 2.00 bits per heavy atom. The molecule has 2 N–H and O–H groups in total. The fraction of sp³-hybridized carbons (Fsp3) is 1.00. The van der Waals surface area contributed by atoms with Crippen LogP contribution in [-0.2, 0) is 4.74 Å². The molecule has 1 aliphatic rings. The summed E-state index contributed by atoms with van der Waals surface area (Å²) in [5.74, 6) is 1.02. The zero-order valence-corrected chi connectivity index (χ0v) is 10.3. The Balaban J connectivity index is 2.14. The fourth-order valence-electron chi connectivity index (χ4n) is 1.68. The molecule has 1 heterocycles. The molecule has 90 valence electrons. The van der Waals surface area contributed by atoms with Crippen LogP contribution in [0.5, 0.6) is 0 Å². The molecule has 0 radical (unpaired) electrons. The largest absolute Gasteiger partial charge is 0.389 e. The van der Waals surface area contributed by atoms with Gasteiger partial charge in [-0.25, -0.2) is 0 Å². The lowest BCUT2D eigenvalue weighted by atomic mass is 9.92. The Bertz CT molecular complexity index is 174. The van der Waals surface area contributed by atoms with Gasteiger partial charge in [0.1, 0.15) is 0 Å². The summed E-state index contributed by atoms with van der Waals surface area (Å²) in [6.45, 7) is 9.48. The Labute approximate surface area is 93.2 Å². The van der Waals surface area contributed by atoms with Crippen LogP contribution in [0, 0.1) is 11.8 Å². The first-order valence-corrected chi connectivity index (χ1v) is 6.03. The molecule has 0 bridgehead atoms. The smallest absolute Gasteiger partial charge is 0.0766 e. The van der Waals surface area contributed by atoms with Gasteiger partial charge >= 0.3 is 0 Å². The van der Waals surface area contributed by atoms with Crippen LogP contribution in [0.15, 0.2) is 0 Å². The van der Waals surface area contributed by atoms with Gasteiger partial charge in [0.05, 0.1) is 5.60 Å². The number of hydrogen-bond acceptors (Lipinski definition) is 3. The minimum absolute atomic E-state index is 0.291. The Hall–Kier alpha value is -0.120. The van der Waals surface area contributed by atoms with Gasteiger partial charge in [0.25, 0.3) is 0 Å². The Morgan fingerprint density at radius 1 is 1.40 bits per heavy atom. The van der Waals surface area contributed by atoms with E-state index in [2.05, 4.69) is 19.2 Å². The molecule has 3 heteroatoms. The molecule has 0 aliphatic carbocycles. The van der Waals surface area contributed by atoms with E-state index in [0.717, 1.165) is 38.5 Å². The molecule has 1 unspecified atom stereocenters. The maximum Gasteiger partial charge on any atom is 0.0766 e. The summed E-state index contributed by atoms with van der Waals surface area (Å²) in [5.41, 5.74) is -0.592. The summed E-state index contributed by atoms with van der Waals surface area (Å²) >= 11 is 0. The minimum atomic E-state index is -0.592. The summed E-state index contributed by atoms with van der Waals surface area (Å²) in [4.78, 5) is 0. The summed E-state index contributed by atoms with van der Waals surface area (Å²) in [5, 5.41) is 13.4. The van der Waals surface area contributed by atoms with Gasteiger partial charge in [0.2, 0.25) is 0 Å². The van der Waals surface area contributed by atoms with E-state index in [1.165, 1.54) is 0 Å². The predicted molar refractivity (Wildman–Crippen MR) is 61.9 cm³/mol. The van der Waals surface area contributed by atoms with Crippen molar-refractivity contribution >= 4 is 0 Å². The van der Waals surface area contributed by atoms with Gasteiger partial charge in [-0.3, -0.25) is 0 Å². The molecule has 0 amide bonds. The molecule has 0 spiro atoms. The zero-order chi connectivity index (χ0) is 11.3. The third-order valence-electron chi connectivity index (χ3n) is 3.50. The van der Waals surface area contributed by atoms with E-state index in [1.807, 2.05) is 6.92 Å². The number of rotatable bonds is 5. The highest BCUT2D eigenvalue weighted by atomic mass is 16.5. The van der Waals surface area contributed by atoms with Crippen molar-refractivity contribution in [2.45, 2.75) is 39.2 Å². The molecule has 1 fully saturated rings. The van der Waals surface area contributed by atoms with E-state index < -0.39 is 5.60 Å². The predicted octanol–water partition coefficient (Wildman–Crippen LogP) is 1.41. The van der Waals surface area contributed by atoms with Crippen LogP contribution in [0.2, 0.25) is 0 Å². The van der Waals surface area contributed by atoms with Gasteiger partial charge in [0, 0.05) is 19.8 Å². The second-order valence-electron chi connectivity index (χ2n) is 5.20. The number of ether oxygens (including phenoxy) is 1. The number of aliphatic hydroxyl groups is 1. The van der Waals surface area contributed by atoms with E-state index in [0.29, 0.717) is 12.5 Å². The van der Waals surface area contributed by atoms with Crippen LogP contribution in [0.1, 0.15) is 33.6 Å². The molecule has 1 aliphatic heterocycles. The molecule has 0 saturated carbocycles. The highest BCUT2D eigenvalue weighted by molar-refractivity contribution is 4.79. The molecule has 0 aromatic heterocycles. The maximum absolute atomic E-state index is 10.0. The first-order chi connectivity index (χ1) is 7.02. The standard InChI is InChI=1S/C12H25NO2/c1-10(2)12(3,14)9-13-8-11-4-6-15-7-5-11/h10-11,13-14H,4-9H2,1-3H3. The average Bonchev–Trinajstić information content (AvgIpc) is 2.19. The van der Waals surface area contributed by atoms with Crippen molar-refractivity contribution in [2.24, 2.45) is 11.8 Å². The van der Waals surface area contributed by atoms with Gasteiger partial charge in [-0.05, 0) is 38.1 Å². The summed E-state index contributed by atoms with van der Waals surface area (Å²) in [6, 6.07) is 0. The minimum Gasteiger partial charge on any atom is -0.389 e.